The minimum absolute atomic E-state index is 0.0107. The summed E-state index contributed by atoms with van der Waals surface area (Å²) in [5, 5.41) is 9.69. The molecule has 4 unspecified atom stereocenters. The molecule has 8 aromatic carbocycles. The highest BCUT2D eigenvalue weighted by Gasteiger charge is 2.78. The van der Waals surface area contributed by atoms with Crippen molar-refractivity contribution in [1.82, 2.24) is 4.48 Å². The molecule has 74 heavy (non-hydrogen) atoms. The highest BCUT2D eigenvalue weighted by Crippen LogP contribution is 2.86. The van der Waals surface area contributed by atoms with Gasteiger partial charge in [0.15, 0.2) is 0 Å². The minimum Gasteiger partial charge on any atom is -0.375 e. The Labute approximate surface area is 437 Å². The molecule has 8 aliphatic carbocycles. The van der Waals surface area contributed by atoms with Crippen LogP contribution in [0.25, 0.3) is 75.7 Å². The van der Waals surface area contributed by atoms with Crippen molar-refractivity contribution in [1.29, 1.82) is 0 Å². The average molecular weight is 971 g/mol. The van der Waals surface area contributed by atoms with Gasteiger partial charge < -0.3 is 9.38 Å². The molecular formula is C70H59BN2S. The van der Waals surface area contributed by atoms with Crippen LogP contribution in [0, 0.1) is 46.3 Å². The second-order valence-corrected chi connectivity index (χ2v) is 28.7. The van der Waals surface area contributed by atoms with Gasteiger partial charge in [-0.3, -0.25) is 0 Å². The largest absolute Gasteiger partial charge is 0.375 e. The van der Waals surface area contributed by atoms with E-state index in [9.17, 15) is 0 Å². The Morgan fingerprint density at radius 2 is 1.16 bits per heavy atom. The molecule has 0 saturated heterocycles. The molecule has 4 heteroatoms. The third-order valence-electron chi connectivity index (χ3n) is 24.1. The lowest BCUT2D eigenvalue weighted by Gasteiger charge is -2.66. The first-order valence-corrected chi connectivity index (χ1v) is 29.6. The zero-order valence-electron chi connectivity index (χ0n) is 42.8. The molecule has 2 aromatic heterocycles. The predicted octanol–water partition coefficient (Wildman–Crippen LogP) is 16.9. The lowest BCUT2D eigenvalue weighted by Crippen LogP contribution is -2.59. The van der Waals surface area contributed by atoms with Crippen LogP contribution in [-0.2, 0) is 16.2 Å². The molecule has 10 aromatic rings. The van der Waals surface area contributed by atoms with Crippen LogP contribution >= 0.6 is 11.3 Å². The van der Waals surface area contributed by atoms with Gasteiger partial charge in [0.1, 0.15) is 0 Å². The van der Waals surface area contributed by atoms with Crippen LogP contribution in [0.5, 0.6) is 0 Å². The highest BCUT2D eigenvalue weighted by atomic mass is 32.1. The van der Waals surface area contributed by atoms with E-state index >= 15 is 0 Å². The summed E-state index contributed by atoms with van der Waals surface area (Å²) in [4.78, 5) is 2.79. The van der Waals surface area contributed by atoms with E-state index in [-0.39, 0.29) is 12.3 Å². The normalized spacial score (nSPS) is 32.4. The fourth-order valence-electron chi connectivity index (χ4n) is 21.2. The monoisotopic (exact) mass is 970 g/mol. The summed E-state index contributed by atoms with van der Waals surface area (Å²) in [5.74, 6) is 5.85. The van der Waals surface area contributed by atoms with Crippen molar-refractivity contribution in [2.45, 2.75) is 101 Å². The van der Waals surface area contributed by atoms with Crippen LogP contribution in [0.2, 0.25) is 0 Å². The van der Waals surface area contributed by atoms with E-state index in [1.165, 1.54) is 173 Å². The Kier molecular flexibility index (Phi) is 6.85. The molecule has 20 rings (SSSR count). The lowest BCUT2D eigenvalue weighted by molar-refractivity contribution is -0.175. The minimum atomic E-state index is -0.0107. The number of anilines is 3. The Bertz CT molecular complexity index is 4260. The average Bonchev–Trinajstić information content (AvgIpc) is 4.41. The van der Waals surface area contributed by atoms with E-state index in [2.05, 4.69) is 187 Å². The number of thiophene rings is 1. The molecule has 8 saturated carbocycles. The molecule has 2 aliphatic heterocycles. The van der Waals surface area contributed by atoms with E-state index in [0.29, 0.717) is 21.7 Å². The van der Waals surface area contributed by atoms with E-state index in [1.54, 1.807) is 11.1 Å². The van der Waals surface area contributed by atoms with E-state index in [4.69, 9.17) is 0 Å². The van der Waals surface area contributed by atoms with Crippen LogP contribution in [0.3, 0.4) is 0 Å². The summed E-state index contributed by atoms with van der Waals surface area (Å²) in [6, 6.07) is 58.7. The first kappa shape index (κ1) is 40.2. The molecule has 4 heterocycles. The number of aromatic nitrogens is 1. The van der Waals surface area contributed by atoms with Crippen LogP contribution in [-0.4, -0.2) is 11.3 Å². The third-order valence-corrected chi connectivity index (χ3v) is 25.3. The van der Waals surface area contributed by atoms with Gasteiger partial charge in [-0.25, -0.2) is 0 Å². The Morgan fingerprint density at radius 3 is 1.85 bits per heavy atom. The smallest absolute Gasteiger partial charge is 0.343 e. The van der Waals surface area contributed by atoms with Crippen molar-refractivity contribution in [2.75, 3.05) is 4.90 Å². The van der Waals surface area contributed by atoms with Crippen molar-refractivity contribution in [3.8, 4) is 22.3 Å². The molecule has 2 spiro atoms. The van der Waals surface area contributed by atoms with Crippen molar-refractivity contribution < 1.29 is 0 Å². The number of rotatable bonds is 4. The topological polar surface area (TPSA) is 8.17 Å². The highest BCUT2D eigenvalue weighted by molar-refractivity contribution is 7.32. The second kappa shape index (κ2) is 12.6. The first-order valence-electron chi connectivity index (χ1n) is 28.7. The van der Waals surface area contributed by atoms with Gasteiger partial charge in [-0.1, -0.05) is 112 Å². The Hall–Kier alpha value is -6.10. The first-order chi connectivity index (χ1) is 36.1. The van der Waals surface area contributed by atoms with Gasteiger partial charge in [0.25, 0.3) is 0 Å². The molecule has 10 aliphatic rings. The standard InChI is InChI=1S/C70H59BN2S/c1-66(2,3)42-17-19-58(52(28-42)38-11-5-4-6-12-38)72-63-51-16-10-9-15-41(51)22-54-56-31-44(68-34-49-26-46-27-50(35-68)70(46,49)37-68)30-55-53-29-43(67-32-47-24-45-25-48(33-67)69(45,47)36-67)18-20-59(53)73(62(55)56)71(61(54)63)65-64(72)57-21-39-13-7-8-14-40(39)23-60(57)74-65/h4-23,28-31,45-50H,24-27,32-37H2,1-3H3. The number of nitrogens with zero attached hydrogens (tertiary/aromatic N) is 2. The summed E-state index contributed by atoms with van der Waals surface area (Å²) in [6.45, 7) is 7.11. The van der Waals surface area contributed by atoms with Gasteiger partial charge in [0, 0.05) is 53.2 Å². The number of hydrogen-bond acceptors (Lipinski definition) is 2. The zero-order valence-corrected chi connectivity index (χ0v) is 43.6. The number of benzene rings is 8. The molecule has 0 amide bonds. The summed E-state index contributed by atoms with van der Waals surface area (Å²) >= 11 is 2.06. The molecule has 8 fully saturated rings. The number of fused-ring (bicyclic) bond motifs is 14. The van der Waals surface area contributed by atoms with E-state index in [0.717, 1.165) is 35.5 Å². The molecule has 358 valence electrons. The van der Waals surface area contributed by atoms with Gasteiger partial charge in [-0.15, -0.1) is 11.3 Å². The Balaban J connectivity index is 0.925. The predicted molar refractivity (Wildman–Crippen MR) is 310 cm³/mol. The van der Waals surface area contributed by atoms with Crippen LogP contribution in [0.4, 0.5) is 17.1 Å². The molecular weight excluding hydrogens is 912 g/mol. The fraction of sp³-hybridized carbons (Fsp3) is 0.343. The van der Waals surface area contributed by atoms with E-state index in [1.807, 2.05) is 0 Å². The maximum absolute atomic E-state index is 2.92. The fourth-order valence-corrected chi connectivity index (χ4v) is 22.5. The summed E-state index contributed by atoms with van der Waals surface area (Å²) in [6.07, 6.45) is 14.6. The molecule has 0 radical (unpaired) electrons. The summed E-state index contributed by atoms with van der Waals surface area (Å²) < 4.78 is 5.75. The van der Waals surface area contributed by atoms with Gasteiger partial charge in [-0.05, 0) is 231 Å². The summed E-state index contributed by atoms with van der Waals surface area (Å²) in [7, 11) is 0. The van der Waals surface area contributed by atoms with Crippen molar-refractivity contribution in [2.24, 2.45) is 46.3 Å². The SMILES string of the molecule is CC(C)(C)c1ccc(N2c3c4c(cc5ccccc35)-c3cc(C56CC7CC8CC(C5)C87C6)cc5c6cc(C78CC9CC%10CC(C7)C%109C8)ccc6n(c35)B4c3sc4cc5ccccc5cc4c32)c(-c2ccccc2)c1. The summed E-state index contributed by atoms with van der Waals surface area (Å²) in [5.41, 5.74) is 20.5. The molecule has 2 nitrogen and oxygen atoms in total. The van der Waals surface area contributed by atoms with Gasteiger partial charge in [0.05, 0.1) is 17.1 Å². The number of hydrogen-bond donors (Lipinski definition) is 0. The van der Waals surface area contributed by atoms with E-state index < -0.39 is 0 Å². The van der Waals surface area contributed by atoms with Crippen LogP contribution in [0.15, 0.2) is 146 Å². The maximum atomic E-state index is 2.92. The van der Waals surface area contributed by atoms with Gasteiger partial charge in [0.2, 0.25) is 0 Å². The van der Waals surface area contributed by atoms with Crippen molar-refractivity contribution in [3.63, 3.8) is 0 Å². The van der Waals surface area contributed by atoms with Gasteiger partial charge >= 0.3 is 6.85 Å². The second-order valence-electron chi connectivity index (χ2n) is 27.6. The van der Waals surface area contributed by atoms with Crippen molar-refractivity contribution in [3.05, 3.63) is 162 Å². The quantitative estimate of drug-likeness (QED) is 0.160. The molecule has 4 bridgehead atoms. The third kappa shape index (κ3) is 4.38. The molecule has 0 N–H and O–H groups in total. The van der Waals surface area contributed by atoms with Crippen LogP contribution in [0.1, 0.15) is 102 Å². The van der Waals surface area contributed by atoms with Crippen molar-refractivity contribution >= 4 is 98.9 Å². The maximum Gasteiger partial charge on any atom is 0.343 e. The van der Waals surface area contributed by atoms with Gasteiger partial charge in [-0.2, -0.15) is 0 Å². The Morgan fingerprint density at radius 1 is 0.514 bits per heavy atom. The lowest BCUT2D eigenvalue weighted by atomic mass is 9.38. The zero-order chi connectivity index (χ0) is 48.1. The molecule has 4 atom stereocenters. The van der Waals surface area contributed by atoms with Crippen LogP contribution < -0.4 is 15.1 Å².